The highest BCUT2D eigenvalue weighted by Gasteiger charge is 2.27. The van der Waals surface area contributed by atoms with E-state index in [2.05, 4.69) is 10.0 Å². The Labute approximate surface area is 226 Å². The third-order valence-corrected chi connectivity index (χ3v) is 6.56. The second kappa shape index (κ2) is 14.8. The summed E-state index contributed by atoms with van der Waals surface area (Å²) in [6.07, 6.45) is 4.43. The van der Waals surface area contributed by atoms with Gasteiger partial charge in [0, 0.05) is 51.5 Å². The molecule has 10 heteroatoms. The summed E-state index contributed by atoms with van der Waals surface area (Å²) in [5.74, 6) is 0.192. The lowest BCUT2D eigenvalue weighted by Gasteiger charge is -2.33. The molecule has 0 saturated carbocycles. The number of fused-ring (bicyclic) bond motifs is 1. The van der Waals surface area contributed by atoms with Crippen LogP contribution in [0, 0.1) is 0 Å². The summed E-state index contributed by atoms with van der Waals surface area (Å²) in [6.45, 7) is 7.98. The van der Waals surface area contributed by atoms with Gasteiger partial charge in [0.15, 0.2) is 0 Å². The van der Waals surface area contributed by atoms with E-state index >= 15 is 0 Å². The van der Waals surface area contributed by atoms with Crippen LogP contribution in [0.5, 0.6) is 5.75 Å². The highest BCUT2D eigenvalue weighted by molar-refractivity contribution is 7.92. The minimum Gasteiger partial charge on any atom is -0.463 e. The molecule has 3 rings (SSSR count). The summed E-state index contributed by atoms with van der Waals surface area (Å²) in [5, 5.41) is 13.8. The number of anilines is 1. The fourth-order valence-corrected chi connectivity index (χ4v) is 4.60. The molecular formula is C28H42N2O7S. The molecule has 1 atom stereocenters. The maximum absolute atomic E-state index is 11.3. The van der Waals surface area contributed by atoms with Gasteiger partial charge in [-0.2, -0.15) is 0 Å². The number of hydrogen-bond acceptors (Lipinski definition) is 8. The smallest absolute Gasteiger partial charge is 0.229 e. The second-order valence-electron chi connectivity index (χ2n) is 10.0. The molecule has 38 heavy (non-hydrogen) atoms. The van der Waals surface area contributed by atoms with Crippen LogP contribution < -0.4 is 14.8 Å². The van der Waals surface area contributed by atoms with Crippen molar-refractivity contribution < 1.29 is 32.5 Å². The molecule has 1 heterocycles. The van der Waals surface area contributed by atoms with Crippen LogP contribution in [-0.4, -0.2) is 58.5 Å². The maximum atomic E-state index is 11.3. The Morgan fingerprint density at radius 3 is 2.63 bits per heavy atom. The van der Waals surface area contributed by atoms with Crippen LogP contribution in [0.15, 0.2) is 42.5 Å². The first kappa shape index (κ1) is 30.3. The van der Waals surface area contributed by atoms with Gasteiger partial charge in [0.2, 0.25) is 15.8 Å². The van der Waals surface area contributed by atoms with Crippen LogP contribution in [0.4, 0.5) is 5.69 Å². The minimum atomic E-state index is -3.29. The van der Waals surface area contributed by atoms with Crippen molar-refractivity contribution in [3.8, 4) is 5.75 Å². The molecule has 0 fully saturated rings. The molecule has 0 aromatic heterocycles. The molecule has 1 aliphatic rings. The minimum absolute atomic E-state index is 0.425. The molecule has 2 aromatic carbocycles. The summed E-state index contributed by atoms with van der Waals surface area (Å²) in [7, 11) is -3.29. The third kappa shape index (κ3) is 11.3. The molecule has 0 spiro atoms. The molecule has 212 valence electrons. The molecule has 0 amide bonds. The Bertz CT molecular complexity index is 1110. The first-order valence-electron chi connectivity index (χ1n) is 13.2. The summed E-state index contributed by atoms with van der Waals surface area (Å²) >= 11 is 0. The molecule has 0 unspecified atom stereocenters. The number of benzene rings is 2. The summed E-state index contributed by atoms with van der Waals surface area (Å²) in [4.78, 5) is 0. The number of aliphatic hydroxyl groups excluding tert-OH is 1. The number of nitrogens with one attached hydrogen (secondary N) is 2. The highest BCUT2D eigenvalue weighted by Crippen LogP contribution is 2.32. The van der Waals surface area contributed by atoms with Crippen molar-refractivity contribution in [2.45, 2.75) is 64.6 Å². The summed E-state index contributed by atoms with van der Waals surface area (Å²) < 4.78 is 48.0. The van der Waals surface area contributed by atoms with E-state index in [-0.39, 0.29) is 0 Å². The molecule has 1 aliphatic heterocycles. The maximum Gasteiger partial charge on any atom is 0.229 e. The molecule has 9 nitrogen and oxygen atoms in total. The van der Waals surface area contributed by atoms with E-state index in [9.17, 15) is 13.5 Å². The Balaban J connectivity index is 1.15. The normalized spacial score (nSPS) is 15.5. The molecule has 2 aromatic rings. The number of sulfonamides is 1. The van der Waals surface area contributed by atoms with Crippen molar-refractivity contribution in [1.29, 1.82) is 0 Å². The van der Waals surface area contributed by atoms with Crippen molar-refractivity contribution in [1.82, 2.24) is 5.32 Å². The van der Waals surface area contributed by atoms with Crippen LogP contribution in [-0.2, 0) is 37.4 Å². The van der Waals surface area contributed by atoms with Gasteiger partial charge >= 0.3 is 0 Å². The molecule has 0 saturated heterocycles. The largest absolute Gasteiger partial charge is 0.463 e. The quantitative estimate of drug-likeness (QED) is 0.252. The average Bonchev–Trinajstić information content (AvgIpc) is 2.85. The van der Waals surface area contributed by atoms with Crippen LogP contribution in [0.3, 0.4) is 0 Å². The van der Waals surface area contributed by atoms with Crippen LogP contribution in [0.25, 0.3) is 0 Å². The molecule has 3 N–H and O–H groups in total. The predicted molar refractivity (Wildman–Crippen MR) is 148 cm³/mol. The topological polar surface area (TPSA) is 115 Å². The first-order chi connectivity index (χ1) is 18.1. The Morgan fingerprint density at radius 2 is 1.82 bits per heavy atom. The van der Waals surface area contributed by atoms with Crippen LogP contribution in [0.1, 0.15) is 62.3 Å². The van der Waals surface area contributed by atoms with Gasteiger partial charge in [-0.3, -0.25) is 4.72 Å². The molecule has 0 aliphatic carbocycles. The van der Waals surface area contributed by atoms with Gasteiger partial charge in [-0.25, -0.2) is 8.42 Å². The van der Waals surface area contributed by atoms with E-state index in [0.29, 0.717) is 38.7 Å². The monoisotopic (exact) mass is 550 g/mol. The van der Waals surface area contributed by atoms with Gasteiger partial charge in [0.25, 0.3) is 0 Å². The van der Waals surface area contributed by atoms with Crippen LogP contribution in [0.2, 0.25) is 0 Å². The van der Waals surface area contributed by atoms with Crippen molar-refractivity contribution in [3.63, 3.8) is 0 Å². The van der Waals surface area contributed by atoms with E-state index in [1.165, 1.54) is 0 Å². The third-order valence-electron chi connectivity index (χ3n) is 5.96. The van der Waals surface area contributed by atoms with Gasteiger partial charge < -0.3 is 29.4 Å². The average molecular weight is 551 g/mol. The molecular weight excluding hydrogens is 508 g/mol. The van der Waals surface area contributed by atoms with E-state index in [0.717, 1.165) is 67.5 Å². The standard InChI is InChI=1S/C28H42N2O7S/c1-28(2)36-21-24-18-23(11-12-27(24)37-28)26(31)19-29-13-5-4-6-14-34-15-8-16-35-20-22-9-7-10-25(17-22)30-38(3,32)33/h7,9-12,17-18,26,29-31H,4-6,8,13-16,19-21H2,1-3H3/t26-/m1/s1. The first-order valence-corrected chi connectivity index (χ1v) is 15.1. The zero-order valence-electron chi connectivity index (χ0n) is 22.7. The number of unbranched alkanes of at least 4 members (excludes halogenated alkanes) is 2. The van der Waals surface area contributed by atoms with Crippen molar-refractivity contribution in [3.05, 3.63) is 59.2 Å². The van der Waals surface area contributed by atoms with Crippen LogP contribution >= 0.6 is 0 Å². The number of hydrogen-bond donors (Lipinski definition) is 3. The van der Waals surface area contributed by atoms with Gasteiger partial charge in [-0.05, 0) is 67.6 Å². The number of ether oxygens (including phenoxy) is 4. The summed E-state index contributed by atoms with van der Waals surface area (Å²) in [6, 6.07) is 13.0. The number of rotatable bonds is 17. The lowest BCUT2D eigenvalue weighted by atomic mass is 10.0. The molecule has 0 bridgehead atoms. The van der Waals surface area contributed by atoms with Gasteiger partial charge in [-0.15, -0.1) is 0 Å². The molecule has 0 radical (unpaired) electrons. The van der Waals surface area contributed by atoms with E-state index in [4.69, 9.17) is 18.9 Å². The van der Waals surface area contributed by atoms with E-state index < -0.39 is 21.9 Å². The second-order valence-corrected chi connectivity index (χ2v) is 11.8. The zero-order valence-corrected chi connectivity index (χ0v) is 23.5. The Morgan fingerprint density at radius 1 is 1.03 bits per heavy atom. The van der Waals surface area contributed by atoms with Gasteiger partial charge in [0.05, 0.1) is 25.6 Å². The zero-order chi connectivity index (χ0) is 27.4. The SMILES string of the molecule is CC1(C)OCc2cc([C@H](O)CNCCCCCOCCCOCc3cccc(NS(C)(=O)=O)c3)ccc2O1. The van der Waals surface area contributed by atoms with Crippen molar-refractivity contribution >= 4 is 15.7 Å². The van der Waals surface area contributed by atoms with Gasteiger partial charge in [0.1, 0.15) is 5.75 Å². The lowest BCUT2D eigenvalue weighted by Crippen LogP contribution is -2.35. The van der Waals surface area contributed by atoms with Crippen molar-refractivity contribution in [2.24, 2.45) is 0 Å². The fourth-order valence-electron chi connectivity index (χ4n) is 4.05. The van der Waals surface area contributed by atoms with Crippen molar-refractivity contribution in [2.75, 3.05) is 43.9 Å². The summed E-state index contributed by atoms with van der Waals surface area (Å²) in [5.41, 5.74) is 3.27. The Kier molecular flexibility index (Phi) is 11.8. The van der Waals surface area contributed by atoms with Gasteiger partial charge in [-0.1, -0.05) is 18.2 Å². The van der Waals surface area contributed by atoms with E-state index in [1.54, 1.807) is 18.2 Å². The fraction of sp³-hybridized carbons (Fsp3) is 0.571. The van der Waals surface area contributed by atoms with E-state index in [1.807, 2.05) is 38.1 Å². The highest BCUT2D eigenvalue weighted by atomic mass is 32.2. The predicted octanol–water partition coefficient (Wildman–Crippen LogP) is 4.12. The Hall–Kier alpha value is -2.21. The lowest BCUT2D eigenvalue weighted by molar-refractivity contribution is -0.180. The number of aliphatic hydroxyl groups is 1.